The summed E-state index contributed by atoms with van der Waals surface area (Å²) in [5.74, 6) is -0.00610. The Morgan fingerprint density at radius 1 is 1.42 bits per heavy atom. The summed E-state index contributed by atoms with van der Waals surface area (Å²) in [6.45, 7) is 5.56. The molecule has 1 unspecified atom stereocenters. The van der Waals surface area contributed by atoms with E-state index >= 15 is 0 Å². The summed E-state index contributed by atoms with van der Waals surface area (Å²) in [7, 11) is 0. The van der Waals surface area contributed by atoms with Gasteiger partial charge in [-0.05, 0) is 18.9 Å². The van der Waals surface area contributed by atoms with Crippen molar-refractivity contribution < 1.29 is 9.53 Å². The maximum Gasteiger partial charge on any atom is 0.246 e. The highest BCUT2D eigenvalue weighted by molar-refractivity contribution is 5.77. The van der Waals surface area contributed by atoms with Gasteiger partial charge >= 0.3 is 0 Å². The van der Waals surface area contributed by atoms with Crippen LogP contribution in [0, 0.1) is 0 Å². The van der Waals surface area contributed by atoms with Crippen LogP contribution in [0.4, 0.5) is 0 Å². The Morgan fingerprint density at radius 2 is 2.21 bits per heavy atom. The van der Waals surface area contributed by atoms with Crippen molar-refractivity contribution in [1.29, 1.82) is 0 Å². The number of amides is 1. The van der Waals surface area contributed by atoms with Crippen molar-refractivity contribution in [2.24, 2.45) is 0 Å². The molecule has 0 bridgehead atoms. The second kappa shape index (κ2) is 7.26. The normalized spacial score (nSPS) is 19.5. The molecule has 104 valence electrons. The average molecular weight is 262 g/mol. The van der Waals surface area contributed by atoms with Gasteiger partial charge in [-0.15, -0.1) is 0 Å². The number of likely N-dealkylation sites (tertiary alicyclic amines) is 1. The van der Waals surface area contributed by atoms with Crippen LogP contribution in [-0.2, 0) is 16.1 Å². The van der Waals surface area contributed by atoms with Crippen LogP contribution < -0.4 is 5.32 Å². The lowest BCUT2D eigenvalue weighted by atomic mass is 10.2. The molecule has 4 heteroatoms. The number of benzene rings is 1. The Morgan fingerprint density at radius 3 is 2.95 bits per heavy atom. The molecule has 0 saturated carbocycles. The van der Waals surface area contributed by atoms with Crippen LogP contribution in [0.2, 0.25) is 0 Å². The molecule has 1 aliphatic rings. The summed E-state index contributed by atoms with van der Waals surface area (Å²) >= 11 is 0. The van der Waals surface area contributed by atoms with Gasteiger partial charge in [0.2, 0.25) is 5.91 Å². The van der Waals surface area contributed by atoms with Gasteiger partial charge in [0, 0.05) is 32.3 Å². The van der Waals surface area contributed by atoms with Gasteiger partial charge in [-0.1, -0.05) is 30.3 Å². The van der Waals surface area contributed by atoms with E-state index in [4.69, 9.17) is 4.74 Å². The summed E-state index contributed by atoms with van der Waals surface area (Å²) < 4.78 is 5.10. The van der Waals surface area contributed by atoms with Crippen LogP contribution in [0.3, 0.4) is 0 Å². The summed E-state index contributed by atoms with van der Waals surface area (Å²) in [4.78, 5) is 13.9. The van der Waals surface area contributed by atoms with Gasteiger partial charge in [-0.25, -0.2) is 0 Å². The smallest absolute Gasteiger partial charge is 0.246 e. The predicted octanol–water partition coefficient (Wildman–Crippen LogP) is 1.41. The van der Waals surface area contributed by atoms with E-state index in [0.717, 1.165) is 26.1 Å². The molecule has 0 aromatic heterocycles. The molecule has 1 N–H and O–H groups in total. The third-order valence-corrected chi connectivity index (χ3v) is 3.32. The molecule has 1 atom stereocenters. The van der Waals surface area contributed by atoms with Gasteiger partial charge in [0.15, 0.2) is 0 Å². The first kappa shape index (κ1) is 14.0. The minimum absolute atomic E-state index is 0.00610. The van der Waals surface area contributed by atoms with Crippen molar-refractivity contribution in [3.05, 3.63) is 35.9 Å². The Labute approximate surface area is 114 Å². The molecule has 1 saturated heterocycles. The minimum atomic E-state index is -0.00610. The van der Waals surface area contributed by atoms with Gasteiger partial charge < -0.3 is 10.1 Å². The minimum Gasteiger partial charge on any atom is -0.372 e. The lowest BCUT2D eigenvalue weighted by Gasteiger charge is -2.16. The first-order valence-electron chi connectivity index (χ1n) is 6.91. The fraction of sp³-hybridized carbons (Fsp3) is 0.533. The van der Waals surface area contributed by atoms with E-state index in [1.54, 1.807) is 0 Å². The van der Waals surface area contributed by atoms with Crippen molar-refractivity contribution in [3.63, 3.8) is 0 Å². The third-order valence-electron chi connectivity index (χ3n) is 3.32. The molecule has 1 aliphatic heterocycles. The zero-order valence-electron chi connectivity index (χ0n) is 11.5. The van der Waals surface area contributed by atoms with Gasteiger partial charge in [0.1, 0.15) is 6.61 Å². The van der Waals surface area contributed by atoms with E-state index < -0.39 is 0 Å². The Hall–Kier alpha value is -1.39. The van der Waals surface area contributed by atoms with Crippen LogP contribution in [0.1, 0.15) is 18.9 Å². The maximum absolute atomic E-state index is 11.6. The number of hydrogen-bond acceptors (Lipinski definition) is 3. The second-order valence-corrected chi connectivity index (χ2v) is 4.91. The topological polar surface area (TPSA) is 41.6 Å². The summed E-state index contributed by atoms with van der Waals surface area (Å²) in [5.41, 5.74) is 1.32. The third kappa shape index (κ3) is 4.65. The largest absolute Gasteiger partial charge is 0.372 e. The molecule has 1 heterocycles. The van der Waals surface area contributed by atoms with Gasteiger partial charge in [-0.2, -0.15) is 0 Å². The number of ether oxygens (including phenoxy) is 1. The molecule has 4 nitrogen and oxygen atoms in total. The molecular formula is C15H22N2O2. The first-order chi connectivity index (χ1) is 9.28. The Balaban J connectivity index is 1.72. The molecule has 1 aromatic carbocycles. The van der Waals surface area contributed by atoms with Crippen LogP contribution in [0.15, 0.2) is 30.3 Å². The number of nitrogens with one attached hydrogen (secondary N) is 1. The molecule has 1 amide bonds. The molecule has 2 rings (SSSR count). The van der Waals surface area contributed by atoms with Crippen molar-refractivity contribution in [1.82, 2.24) is 10.2 Å². The van der Waals surface area contributed by atoms with Crippen LogP contribution in [0.5, 0.6) is 0 Å². The summed E-state index contributed by atoms with van der Waals surface area (Å²) in [5, 5.41) is 3.02. The molecule has 19 heavy (non-hydrogen) atoms. The molecule has 0 spiro atoms. The highest BCUT2D eigenvalue weighted by Crippen LogP contribution is 2.13. The second-order valence-electron chi connectivity index (χ2n) is 4.91. The summed E-state index contributed by atoms with van der Waals surface area (Å²) in [6, 6.07) is 10.7. The number of nitrogens with zero attached hydrogens (tertiary/aromatic N) is 1. The van der Waals surface area contributed by atoms with Crippen LogP contribution >= 0.6 is 0 Å². The van der Waals surface area contributed by atoms with Crippen molar-refractivity contribution in [3.8, 4) is 0 Å². The highest BCUT2D eigenvalue weighted by Gasteiger charge is 2.23. The highest BCUT2D eigenvalue weighted by atomic mass is 16.5. The molecule has 0 aliphatic carbocycles. The first-order valence-corrected chi connectivity index (χ1v) is 6.91. The number of carbonyl (C=O) groups is 1. The van der Waals surface area contributed by atoms with Gasteiger partial charge in [-0.3, -0.25) is 9.69 Å². The van der Waals surface area contributed by atoms with E-state index in [1.807, 2.05) is 13.0 Å². The zero-order valence-corrected chi connectivity index (χ0v) is 11.5. The zero-order chi connectivity index (χ0) is 13.5. The van der Waals surface area contributed by atoms with Crippen LogP contribution in [0.25, 0.3) is 0 Å². The van der Waals surface area contributed by atoms with Crippen LogP contribution in [-0.4, -0.2) is 43.2 Å². The maximum atomic E-state index is 11.6. The fourth-order valence-corrected chi connectivity index (χ4v) is 2.40. The van der Waals surface area contributed by atoms with E-state index in [0.29, 0.717) is 6.61 Å². The quantitative estimate of drug-likeness (QED) is 0.843. The summed E-state index contributed by atoms with van der Waals surface area (Å²) in [6.07, 6.45) is 1.02. The predicted molar refractivity (Wildman–Crippen MR) is 74.8 cm³/mol. The van der Waals surface area contributed by atoms with E-state index in [2.05, 4.69) is 34.5 Å². The van der Waals surface area contributed by atoms with Gasteiger partial charge in [0.25, 0.3) is 0 Å². The number of carbonyl (C=O) groups excluding carboxylic acids is 1. The lowest BCUT2D eigenvalue weighted by Crippen LogP contribution is -2.39. The standard InChI is InChI=1S/C15H22N2O2/c1-2-19-12-15(18)16-14-8-9-17(11-14)10-13-6-4-3-5-7-13/h3-7,14H,2,8-12H2,1H3,(H,16,18). The van der Waals surface area contributed by atoms with E-state index in [9.17, 15) is 4.79 Å². The monoisotopic (exact) mass is 262 g/mol. The number of rotatable bonds is 6. The Kier molecular flexibility index (Phi) is 5.36. The molecule has 1 fully saturated rings. The van der Waals surface area contributed by atoms with Crippen molar-refractivity contribution in [2.75, 3.05) is 26.3 Å². The van der Waals surface area contributed by atoms with Gasteiger partial charge in [0.05, 0.1) is 0 Å². The van der Waals surface area contributed by atoms with E-state index in [1.165, 1.54) is 5.56 Å². The number of hydrogen-bond donors (Lipinski definition) is 1. The lowest BCUT2D eigenvalue weighted by molar-refractivity contribution is -0.126. The molecule has 0 radical (unpaired) electrons. The van der Waals surface area contributed by atoms with Crippen molar-refractivity contribution >= 4 is 5.91 Å². The Bertz CT molecular complexity index is 394. The van der Waals surface area contributed by atoms with E-state index in [-0.39, 0.29) is 18.6 Å². The SMILES string of the molecule is CCOCC(=O)NC1CCN(Cc2ccccc2)C1. The van der Waals surface area contributed by atoms with Crippen molar-refractivity contribution in [2.45, 2.75) is 25.9 Å². The fourth-order valence-electron chi connectivity index (χ4n) is 2.40. The molecular weight excluding hydrogens is 240 g/mol. The average Bonchev–Trinajstić information content (AvgIpc) is 2.85. The molecule has 1 aromatic rings.